The molecule has 1 aromatic carbocycles. The first-order chi connectivity index (χ1) is 19.2. The number of ether oxygens (including phenoxy) is 5. The fraction of sp³-hybridized carbons (Fsp3) is 0.458. The van der Waals surface area contributed by atoms with E-state index >= 15 is 0 Å². The van der Waals surface area contributed by atoms with Crippen molar-refractivity contribution >= 4 is 51.6 Å². The number of aromatic nitrogens is 1. The van der Waals surface area contributed by atoms with Crippen molar-refractivity contribution < 1.29 is 53.6 Å². The van der Waals surface area contributed by atoms with Crippen LogP contribution in [-0.2, 0) is 49.3 Å². The van der Waals surface area contributed by atoms with Gasteiger partial charge in [-0.1, -0.05) is 35.0 Å². The van der Waals surface area contributed by atoms with Crippen molar-refractivity contribution in [3.8, 4) is 0 Å². The van der Waals surface area contributed by atoms with Gasteiger partial charge >= 0.3 is 23.9 Å². The number of benzene rings is 1. The minimum absolute atomic E-state index is 0.0424. The van der Waals surface area contributed by atoms with Crippen LogP contribution in [0.25, 0.3) is 10.9 Å². The van der Waals surface area contributed by atoms with Crippen molar-refractivity contribution in [1.82, 2.24) is 4.98 Å². The van der Waals surface area contributed by atoms with Gasteiger partial charge in [-0.2, -0.15) is 0 Å². The number of rotatable bonds is 8. The third kappa shape index (κ3) is 7.46. The molecular formula is C24H28N2O10S. The number of oxime groups is 1. The van der Waals surface area contributed by atoms with Crippen LogP contribution in [0.3, 0.4) is 0 Å². The van der Waals surface area contributed by atoms with E-state index in [0.29, 0.717) is 5.56 Å². The van der Waals surface area contributed by atoms with Crippen LogP contribution in [0.5, 0.6) is 0 Å². The van der Waals surface area contributed by atoms with E-state index in [1.54, 1.807) is 0 Å². The predicted molar refractivity (Wildman–Crippen MR) is 131 cm³/mol. The smallest absolute Gasteiger partial charge is 0.303 e. The molecule has 0 radical (unpaired) electrons. The van der Waals surface area contributed by atoms with Crippen molar-refractivity contribution in [2.24, 2.45) is 5.16 Å². The van der Waals surface area contributed by atoms with E-state index < -0.39 is 72.4 Å². The molecular weight excluding hydrogens is 508 g/mol. The standard InChI is InChI=1S/C24H28N2O10S/c1-12(27)32-11-19-21(33-13(2)28)22(34-14(3)29)23(35-15(4)30)24(36-19)37-20(26-31)9-16-10-25-18-8-6-5-7-17(16)18/h5-8,10,19,21-25,31H,9,11H2,1-4H3/b26-20+/t19-,21-,22+,23-,24+/m1/s1/i5D,6D,7D,8D. The highest BCUT2D eigenvalue weighted by Gasteiger charge is 2.52. The highest BCUT2D eigenvalue weighted by atomic mass is 32.2. The largest absolute Gasteiger partial charge is 0.463 e. The number of nitrogens with zero attached hydrogens (tertiary/aromatic N) is 1. The molecule has 1 aliphatic rings. The summed E-state index contributed by atoms with van der Waals surface area (Å²) in [6.07, 6.45) is -4.06. The number of thioether (sulfide) groups is 1. The molecule has 2 N–H and O–H groups in total. The molecule has 0 saturated carbocycles. The lowest BCUT2D eigenvalue weighted by molar-refractivity contribution is -0.237. The van der Waals surface area contributed by atoms with Crippen LogP contribution in [0.1, 0.15) is 38.7 Å². The molecule has 37 heavy (non-hydrogen) atoms. The SMILES string of the molecule is [2H]c1c([2H])c([2H])c2c(C/C(=N\O)S[C@@H]3O[C@H](COC(C)=O)[C@@H](OC(C)=O)[C@H](OC(C)=O)[C@H]3OC(C)=O)c[nH]c2c1[2H]. The summed E-state index contributed by atoms with van der Waals surface area (Å²) < 4.78 is 59.5. The number of hydrogen-bond donors (Lipinski definition) is 2. The summed E-state index contributed by atoms with van der Waals surface area (Å²) in [6.45, 7) is 4.00. The quantitative estimate of drug-likeness (QED) is 0.126. The number of para-hydroxylation sites is 1. The summed E-state index contributed by atoms with van der Waals surface area (Å²) in [4.78, 5) is 50.3. The summed E-state index contributed by atoms with van der Waals surface area (Å²) in [5, 5.41) is 13.3. The number of carbonyl (C=O) groups excluding carboxylic acids is 4. The molecule has 2 heterocycles. The van der Waals surface area contributed by atoms with Gasteiger partial charge in [-0.25, -0.2) is 0 Å². The van der Waals surface area contributed by atoms with Crippen LogP contribution >= 0.6 is 11.8 Å². The molecule has 0 spiro atoms. The van der Waals surface area contributed by atoms with Gasteiger partial charge in [0.05, 0.1) is 5.48 Å². The third-order valence-corrected chi connectivity index (χ3v) is 6.16. The predicted octanol–water partition coefficient (Wildman–Crippen LogP) is 2.31. The van der Waals surface area contributed by atoms with E-state index in [1.807, 2.05) is 0 Å². The Labute approximate surface area is 222 Å². The molecule has 0 bridgehead atoms. The fourth-order valence-electron chi connectivity index (χ4n) is 3.71. The summed E-state index contributed by atoms with van der Waals surface area (Å²) >= 11 is 0.752. The maximum atomic E-state index is 12.0. The molecule has 1 fully saturated rings. The lowest BCUT2D eigenvalue weighted by Crippen LogP contribution is -2.61. The highest BCUT2D eigenvalue weighted by molar-refractivity contribution is 8.14. The van der Waals surface area contributed by atoms with Crippen LogP contribution < -0.4 is 0 Å². The molecule has 1 aromatic heterocycles. The van der Waals surface area contributed by atoms with E-state index in [-0.39, 0.29) is 34.5 Å². The first-order valence-corrected chi connectivity index (χ1v) is 11.9. The zero-order valence-corrected chi connectivity index (χ0v) is 21.2. The average Bonchev–Trinajstić information content (AvgIpc) is 3.30. The topological polar surface area (TPSA) is 163 Å². The van der Waals surface area contributed by atoms with Gasteiger partial charge in [-0.05, 0) is 11.6 Å². The van der Waals surface area contributed by atoms with Gasteiger partial charge in [0, 0.05) is 51.2 Å². The van der Waals surface area contributed by atoms with E-state index in [2.05, 4.69) is 10.1 Å². The first kappa shape index (κ1) is 22.6. The molecule has 2 aromatic rings. The van der Waals surface area contributed by atoms with Crippen molar-refractivity contribution in [1.29, 1.82) is 0 Å². The normalized spacial score (nSPS) is 25.3. The van der Waals surface area contributed by atoms with E-state index in [0.717, 1.165) is 39.5 Å². The van der Waals surface area contributed by atoms with Gasteiger partial charge in [-0.15, -0.1) is 0 Å². The Morgan fingerprint density at radius 3 is 2.24 bits per heavy atom. The highest BCUT2D eigenvalue weighted by Crippen LogP contribution is 2.36. The number of hydrogen-bond acceptors (Lipinski definition) is 12. The van der Waals surface area contributed by atoms with Crippen molar-refractivity contribution in [3.63, 3.8) is 0 Å². The number of esters is 4. The molecule has 1 saturated heterocycles. The molecule has 200 valence electrons. The molecule has 5 atom stereocenters. The Hall–Kier alpha value is -3.58. The summed E-state index contributed by atoms with van der Waals surface area (Å²) in [5.74, 6) is -3.05. The van der Waals surface area contributed by atoms with Crippen LogP contribution in [-0.4, -0.2) is 75.6 Å². The monoisotopic (exact) mass is 540 g/mol. The van der Waals surface area contributed by atoms with Crippen LogP contribution in [0.2, 0.25) is 0 Å². The molecule has 0 amide bonds. The first-order valence-electron chi connectivity index (χ1n) is 13.0. The van der Waals surface area contributed by atoms with Gasteiger partial charge < -0.3 is 33.9 Å². The van der Waals surface area contributed by atoms with Gasteiger partial charge in [0.15, 0.2) is 18.3 Å². The molecule has 3 rings (SSSR count). The Kier molecular flexibility index (Phi) is 7.69. The maximum absolute atomic E-state index is 12.0. The Bertz CT molecular complexity index is 1380. The second-order valence-corrected chi connectivity index (χ2v) is 9.09. The number of nitrogens with one attached hydrogen (secondary N) is 1. The van der Waals surface area contributed by atoms with Crippen LogP contribution in [0, 0.1) is 0 Å². The second-order valence-electron chi connectivity index (χ2n) is 7.92. The number of fused-ring (bicyclic) bond motifs is 1. The summed E-state index contributed by atoms with van der Waals surface area (Å²) in [7, 11) is 0. The van der Waals surface area contributed by atoms with Gasteiger partial charge in [-0.3, -0.25) is 19.2 Å². The number of aromatic amines is 1. The minimum atomic E-state index is -1.41. The Morgan fingerprint density at radius 2 is 1.62 bits per heavy atom. The minimum Gasteiger partial charge on any atom is -0.463 e. The maximum Gasteiger partial charge on any atom is 0.303 e. The number of H-pyrrole nitrogens is 1. The molecule has 12 nitrogen and oxygen atoms in total. The van der Waals surface area contributed by atoms with Crippen molar-refractivity contribution in [2.45, 2.75) is 64.0 Å². The number of carbonyl (C=O) groups is 4. The Balaban J connectivity index is 2.01. The van der Waals surface area contributed by atoms with Crippen LogP contribution in [0.4, 0.5) is 0 Å². The van der Waals surface area contributed by atoms with Gasteiger partial charge in [0.25, 0.3) is 0 Å². The third-order valence-electron chi connectivity index (χ3n) is 5.05. The van der Waals surface area contributed by atoms with Crippen LogP contribution in [0.15, 0.2) is 35.5 Å². The van der Waals surface area contributed by atoms with Crippen molar-refractivity contribution in [3.05, 3.63) is 35.9 Å². The van der Waals surface area contributed by atoms with E-state index in [9.17, 15) is 24.4 Å². The van der Waals surface area contributed by atoms with Crippen molar-refractivity contribution in [2.75, 3.05) is 6.61 Å². The summed E-state index contributed by atoms with van der Waals surface area (Å²) in [5.41, 5.74) is -0.737. The van der Waals surface area contributed by atoms with Gasteiger partial charge in [0.1, 0.15) is 23.2 Å². The van der Waals surface area contributed by atoms with E-state index in [1.165, 1.54) is 6.20 Å². The zero-order chi connectivity index (χ0) is 30.6. The summed E-state index contributed by atoms with van der Waals surface area (Å²) in [6, 6.07) is -1.44. The van der Waals surface area contributed by atoms with Gasteiger partial charge in [0.2, 0.25) is 0 Å². The average molecular weight is 541 g/mol. The molecule has 1 aliphatic heterocycles. The zero-order valence-electron chi connectivity index (χ0n) is 24.4. The lowest BCUT2D eigenvalue weighted by atomic mass is 9.99. The fourth-order valence-corrected chi connectivity index (χ4v) is 4.81. The lowest BCUT2D eigenvalue weighted by Gasteiger charge is -2.44. The molecule has 0 unspecified atom stereocenters. The molecule has 0 aliphatic carbocycles. The second kappa shape index (κ2) is 12.6. The Morgan fingerprint density at radius 1 is 1.00 bits per heavy atom. The van der Waals surface area contributed by atoms with E-state index in [4.69, 9.17) is 29.2 Å². The molecule has 13 heteroatoms.